The Labute approximate surface area is 162 Å². The van der Waals surface area contributed by atoms with Gasteiger partial charge in [0.25, 0.3) is 0 Å². The molecule has 2 aromatic rings. The first-order valence-corrected chi connectivity index (χ1v) is 9.96. The molecular weight excluding hydrogens is 367 g/mol. The average molecular weight is 390 g/mol. The van der Waals surface area contributed by atoms with Crippen LogP contribution in [-0.2, 0) is 20.7 Å². The van der Waals surface area contributed by atoms with Gasteiger partial charge in [-0.1, -0.05) is 0 Å². The smallest absolute Gasteiger partial charge is 0.310 e. The summed E-state index contributed by atoms with van der Waals surface area (Å²) < 4.78 is 18.3. The van der Waals surface area contributed by atoms with Crippen molar-refractivity contribution in [2.24, 2.45) is 5.92 Å². The highest BCUT2D eigenvalue weighted by atomic mass is 32.1. The second-order valence-electron chi connectivity index (χ2n) is 6.62. The molecule has 0 spiro atoms. The Hall–Kier alpha value is -2.28. The zero-order chi connectivity index (χ0) is 19.4. The molecule has 0 N–H and O–H groups in total. The number of hydrogen-bond donors (Lipinski definition) is 0. The van der Waals surface area contributed by atoms with Gasteiger partial charge in [0.05, 0.1) is 29.6 Å². The summed E-state index contributed by atoms with van der Waals surface area (Å²) in [5.41, 5.74) is 1.52. The van der Waals surface area contributed by atoms with Crippen LogP contribution < -0.4 is 0 Å². The lowest BCUT2D eigenvalue weighted by molar-refractivity contribution is -0.151. The van der Waals surface area contributed by atoms with Crippen molar-refractivity contribution in [1.82, 2.24) is 9.88 Å². The maximum atomic E-state index is 13.2. The molecule has 0 aliphatic carbocycles. The van der Waals surface area contributed by atoms with Crippen LogP contribution in [0.2, 0.25) is 0 Å². The number of hydrogen-bond acceptors (Lipinski definition) is 5. The molecule has 1 saturated heterocycles. The quantitative estimate of drug-likeness (QED) is 0.732. The Bertz CT molecular complexity index is 819. The lowest BCUT2D eigenvalue weighted by Gasteiger charge is -2.31. The predicted octanol–water partition coefficient (Wildman–Crippen LogP) is 3.60. The van der Waals surface area contributed by atoms with E-state index in [0.29, 0.717) is 19.7 Å². The highest BCUT2D eigenvalue weighted by Gasteiger charge is 2.30. The van der Waals surface area contributed by atoms with Gasteiger partial charge in [-0.05, 0) is 51.0 Å². The van der Waals surface area contributed by atoms with Crippen molar-refractivity contribution in [2.75, 3.05) is 19.7 Å². The molecule has 1 fully saturated rings. The summed E-state index contributed by atoms with van der Waals surface area (Å²) in [6.45, 7) is 5.08. The van der Waals surface area contributed by atoms with Gasteiger partial charge in [0.1, 0.15) is 5.82 Å². The largest absolute Gasteiger partial charge is 0.466 e. The minimum Gasteiger partial charge on any atom is -0.466 e. The van der Waals surface area contributed by atoms with Gasteiger partial charge in [0, 0.05) is 23.5 Å². The molecule has 1 aliphatic heterocycles. The number of likely N-dealkylation sites (tertiary alicyclic amines) is 1. The molecule has 1 atom stereocenters. The topological polar surface area (TPSA) is 59.5 Å². The number of aryl methyl sites for hydroxylation is 1. The normalized spacial score (nSPS) is 17.0. The average Bonchev–Trinajstić information content (AvgIpc) is 3.02. The summed E-state index contributed by atoms with van der Waals surface area (Å²) in [6.07, 6.45) is 1.78. The number of piperidine rings is 1. The Balaban J connectivity index is 1.72. The van der Waals surface area contributed by atoms with Crippen molar-refractivity contribution < 1.29 is 18.7 Å². The van der Waals surface area contributed by atoms with Crippen LogP contribution in [-0.4, -0.2) is 41.5 Å². The first kappa shape index (κ1) is 19.5. The van der Waals surface area contributed by atoms with Crippen LogP contribution in [0.4, 0.5) is 4.39 Å². The standard InChI is InChI=1S/C20H23FN2O3S/c1-3-26-20(25)15-5-4-10-23(12-15)18(24)11-17-19(22-13(2)27-17)14-6-8-16(21)9-7-14/h6-9,15H,3-5,10-12H2,1-2H3. The van der Waals surface area contributed by atoms with Crippen molar-refractivity contribution >= 4 is 23.2 Å². The van der Waals surface area contributed by atoms with Gasteiger partial charge in [0.2, 0.25) is 5.91 Å². The van der Waals surface area contributed by atoms with Crippen LogP contribution in [0.25, 0.3) is 11.3 Å². The van der Waals surface area contributed by atoms with Gasteiger partial charge >= 0.3 is 5.97 Å². The second-order valence-corrected chi connectivity index (χ2v) is 7.91. The molecule has 7 heteroatoms. The van der Waals surface area contributed by atoms with Crippen molar-refractivity contribution in [3.63, 3.8) is 0 Å². The molecule has 0 saturated carbocycles. The SMILES string of the molecule is CCOC(=O)C1CCCN(C(=O)Cc2sc(C)nc2-c2ccc(F)cc2)C1. The zero-order valence-corrected chi connectivity index (χ0v) is 16.4. The molecule has 2 heterocycles. The van der Waals surface area contributed by atoms with Gasteiger partial charge in [0.15, 0.2) is 0 Å². The van der Waals surface area contributed by atoms with Crippen molar-refractivity contribution in [3.05, 3.63) is 40.0 Å². The highest BCUT2D eigenvalue weighted by Crippen LogP contribution is 2.29. The molecule has 144 valence electrons. The van der Waals surface area contributed by atoms with E-state index in [9.17, 15) is 14.0 Å². The van der Waals surface area contributed by atoms with E-state index in [-0.39, 0.29) is 30.0 Å². The van der Waals surface area contributed by atoms with Gasteiger partial charge in [-0.15, -0.1) is 11.3 Å². The summed E-state index contributed by atoms with van der Waals surface area (Å²) in [5.74, 6) is -0.796. The highest BCUT2D eigenvalue weighted by molar-refractivity contribution is 7.12. The predicted molar refractivity (Wildman–Crippen MR) is 102 cm³/mol. The lowest BCUT2D eigenvalue weighted by Crippen LogP contribution is -2.43. The summed E-state index contributed by atoms with van der Waals surface area (Å²) >= 11 is 1.48. The van der Waals surface area contributed by atoms with E-state index in [2.05, 4.69) is 4.98 Å². The van der Waals surface area contributed by atoms with E-state index in [1.165, 1.54) is 23.5 Å². The molecule has 5 nitrogen and oxygen atoms in total. The number of halogens is 1. The number of esters is 1. The summed E-state index contributed by atoms with van der Waals surface area (Å²) in [7, 11) is 0. The van der Waals surface area contributed by atoms with E-state index in [0.717, 1.165) is 34.0 Å². The van der Waals surface area contributed by atoms with Gasteiger partial charge in [-0.2, -0.15) is 0 Å². The van der Waals surface area contributed by atoms with E-state index >= 15 is 0 Å². The summed E-state index contributed by atoms with van der Waals surface area (Å²) in [4.78, 5) is 32.0. The fourth-order valence-electron chi connectivity index (χ4n) is 3.33. The van der Waals surface area contributed by atoms with Crippen molar-refractivity contribution in [2.45, 2.75) is 33.1 Å². The molecule has 1 amide bonds. The number of rotatable bonds is 5. The first-order chi connectivity index (χ1) is 13.0. The Morgan fingerprint density at radius 3 is 2.78 bits per heavy atom. The number of thiazole rings is 1. The third-order valence-corrected chi connectivity index (χ3v) is 5.60. The summed E-state index contributed by atoms with van der Waals surface area (Å²) in [6, 6.07) is 6.14. The number of nitrogens with zero attached hydrogens (tertiary/aromatic N) is 2. The first-order valence-electron chi connectivity index (χ1n) is 9.14. The number of ether oxygens (including phenoxy) is 1. The van der Waals surface area contributed by atoms with Crippen LogP contribution in [0.1, 0.15) is 29.7 Å². The van der Waals surface area contributed by atoms with Crippen molar-refractivity contribution in [1.29, 1.82) is 0 Å². The van der Waals surface area contributed by atoms with E-state index in [1.807, 2.05) is 6.92 Å². The molecule has 3 rings (SSSR count). The fraction of sp³-hybridized carbons (Fsp3) is 0.450. The monoisotopic (exact) mass is 390 g/mol. The Morgan fingerprint density at radius 2 is 2.07 bits per heavy atom. The number of aromatic nitrogens is 1. The third-order valence-electron chi connectivity index (χ3n) is 4.63. The maximum Gasteiger partial charge on any atom is 0.310 e. The Kier molecular flexibility index (Phi) is 6.21. The van der Waals surface area contributed by atoms with Crippen LogP contribution in [0.3, 0.4) is 0 Å². The van der Waals surface area contributed by atoms with Crippen LogP contribution in [0.15, 0.2) is 24.3 Å². The molecular formula is C20H23FN2O3S. The molecule has 0 bridgehead atoms. The zero-order valence-electron chi connectivity index (χ0n) is 15.5. The van der Waals surface area contributed by atoms with E-state index in [1.54, 1.807) is 24.0 Å². The molecule has 1 aromatic heterocycles. The molecule has 1 aromatic carbocycles. The number of benzene rings is 1. The van der Waals surface area contributed by atoms with Crippen LogP contribution in [0, 0.1) is 18.7 Å². The maximum absolute atomic E-state index is 13.2. The molecule has 0 radical (unpaired) electrons. The molecule has 1 unspecified atom stereocenters. The minimum absolute atomic E-state index is 0.0176. The van der Waals surface area contributed by atoms with Gasteiger partial charge in [-0.3, -0.25) is 9.59 Å². The molecule has 27 heavy (non-hydrogen) atoms. The third kappa shape index (κ3) is 4.71. The van der Waals surface area contributed by atoms with Crippen LogP contribution in [0.5, 0.6) is 0 Å². The van der Waals surface area contributed by atoms with Gasteiger partial charge in [-0.25, -0.2) is 9.37 Å². The number of carbonyl (C=O) groups excluding carboxylic acids is 2. The van der Waals surface area contributed by atoms with Crippen LogP contribution >= 0.6 is 11.3 Å². The fourth-order valence-corrected chi connectivity index (χ4v) is 4.28. The van der Waals surface area contributed by atoms with Crippen molar-refractivity contribution in [3.8, 4) is 11.3 Å². The lowest BCUT2D eigenvalue weighted by atomic mass is 9.98. The van der Waals surface area contributed by atoms with Gasteiger partial charge < -0.3 is 9.64 Å². The second kappa shape index (κ2) is 8.61. The summed E-state index contributed by atoms with van der Waals surface area (Å²) in [5, 5.41) is 0.861. The number of amides is 1. The molecule has 1 aliphatic rings. The number of carbonyl (C=O) groups is 2. The van der Waals surface area contributed by atoms with E-state index < -0.39 is 0 Å². The minimum atomic E-state index is -0.304. The Morgan fingerprint density at radius 1 is 1.33 bits per heavy atom. The van der Waals surface area contributed by atoms with E-state index in [4.69, 9.17) is 4.74 Å².